The molecule has 6 heavy (non-hydrogen) atoms. The van der Waals surface area contributed by atoms with Gasteiger partial charge in [0.1, 0.15) is 0 Å². The predicted octanol–water partition coefficient (Wildman–Crippen LogP) is 0.720. The lowest BCUT2D eigenvalue weighted by Gasteiger charge is -1.87. The van der Waals surface area contributed by atoms with Crippen molar-refractivity contribution >= 4 is 9.76 Å². The molecule has 0 amide bonds. The van der Waals surface area contributed by atoms with E-state index >= 15 is 0 Å². The Morgan fingerprint density at radius 1 is 1.83 bits per heavy atom. The van der Waals surface area contributed by atoms with Crippen molar-refractivity contribution in [1.82, 2.24) is 0 Å². The van der Waals surface area contributed by atoms with Crippen molar-refractivity contribution in [3.63, 3.8) is 0 Å². The number of hydrogen-bond acceptors (Lipinski definition) is 1. The smallest absolute Gasteiger partial charge is 0.196 e. The largest absolute Gasteiger partial charge is 0.395 e. The molecule has 1 nitrogen and oxygen atoms in total. The highest BCUT2D eigenvalue weighted by Crippen LogP contribution is 1.75. The van der Waals surface area contributed by atoms with E-state index in [0.717, 1.165) is 6.04 Å². The molecule has 0 spiro atoms. The Hall–Kier alpha value is 0.107. The van der Waals surface area contributed by atoms with Gasteiger partial charge in [-0.3, -0.25) is 0 Å². The summed E-state index contributed by atoms with van der Waals surface area (Å²) in [5.41, 5.74) is 0. The zero-order valence-electron chi connectivity index (χ0n) is 3.78. The molecule has 0 unspecified atom stereocenters. The number of alkyl halides is 1. The van der Waals surface area contributed by atoms with Crippen molar-refractivity contribution in [3.8, 4) is 0 Å². The number of halogens is 1. The normalized spacial score (nSPS) is 9.00. The zero-order chi connectivity index (χ0) is 4.83. The van der Waals surface area contributed by atoms with E-state index in [1.54, 1.807) is 0 Å². The van der Waals surface area contributed by atoms with Gasteiger partial charge in [-0.15, -0.1) is 0 Å². The Morgan fingerprint density at radius 3 is 2.67 bits per heavy atom. The molecule has 1 radical (unpaired) electrons. The summed E-state index contributed by atoms with van der Waals surface area (Å²) in [6.45, 7) is 1.37. The molecule has 0 atom stereocenters. The Bertz CT molecular complexity index is 22.8. The van der Waals surface area contributed by atoms with Crippen LogP contribution in [0.3, 0.4) is 0 Å². The fourth-order valence-corrected chi connectivity index (χ4v) is 0.487. The summed E-state index contributed by atoms with van der Waals surface area (Å²) in [5, 5.41) is 0. The van der Waals surface area contributed by atoms with Gasteiger partial charge in [-0.2, -0.15) is 0 Å². The molecule has 0 fully saturated rings. The van der Waals surface area contributed by atoms with Crippen LogP contribution < -0.4 is 0 Å². The van der Waals surface area contributed by atoms with Gasteiger partial charge in [0.2, 0.25) is 0 Å². The van der Waals surface area contributed by atoms with E-state index in [0.29, 0.717) is 0 Å². The molecule has 0 aliphatic carbocycles. The lowest BCUT2D eigenvalue weighted by atomic mass is 11.0. The highest BCUT2D eigenvalue weighted by atomic mass is 28.2. The topological polar surface area (TPSA) is 9.23 Å². The lowest BCUT2D eigenvalue weighted by Crippen LogP contribution is -1.92. The van der Waals surface area contributed by atoms with Gasteiger partial charge in [0.15, 0.2) is 16.6 Å². The minimum absolute atomic E-state index is 0.0567. The molecule has 3 heteroatoms. The lowest BCUT2D eigenvalue weighted by molar-refractivity contribution is 0.200. The summed E-state index contributed by atoms with van der Waals surface area (Å²) in [6, 6.07) is 0.976. The molecule has 0 aromatic heterocycles. The summed E-state index contributed by atoms with van der Waals surface area (Å²) in [7, 11) is -0.0567. The third kappa shape index (κ3) is 4.11. The van der Waals surface area contributed by atoms with Crippen LogP contribution in [0.15, 0.2) is 0 Å². The summed E-state index contributed by atoms with van der Waals surface area (Å²) < 4.78 is 15.4. The van der Waals surface area contributed by atoms with E-state index in [1.165, 1.54) is 0 Å². The van der Waals surface area contributed by atoms with Gasteiger partial charge in [0.05, 0.1) is 0 Å². The fraction of sp³-hybridized carbons (Fsp3) is 1.00. The van der Waals surface area contributed by atoms with E-state index in [4.69, 9.17) is 0 Å². The molecule has 37 valence electrons. The molecular weight excluding hydrogens is 99.1 g/mol. The van der Waals surface area contributed by atoms with Gasteiger partial charge in [-0.25, -0.2) is 4.39 Å². The number of hydrogen-bond donors (Lipinski definition) is 0. The minimum Gasteiger partial charge on any atom is -0.395 e. The highest BCUT2D eigenvalue weighted by molar-refractivity contribution is 6.26. The van der Waals surface area contributed by atoms with Crippen LogP contribution in [0.5, 0.6) is 0 Å². The van der Waals surface area contributed by atoms with E-state index in [2.05, 4.69) is 4.43 Å². The van der Waals surface area contributed by atoms with E-state index in [9.17, 15) is 4.39 Å². The van der Waals surface area contributed by atoms with Crippen LogP contribution >= 0.6 is 0 Å². The van der Waals surface area contributed by atoms with E-state index in [-0.39, 0.29) is 9.76 Å². The molecule has 0 aliphatic heterocycles. The Balaban J connectivity index is 2.34. The second-order valence-electron chi connectivity index (χ2n) is 0.851. The van der Waals surface area contributed by atoms with Gasteiger partial charge in [0, 0.05) is 0 Å². The van der Waals surface area contributed by atoms with Crippen molar-refractivity contribution in [3.05, 3.63) is 0 Å². The summed E-state index contributed by atoms with van der Waals surface area (Å²) in [5.74, 6) is 0. The molecule has 0 N–H and O–H groups in total. The molecule has 0 rings (SSSR count). The van der Waals surface area contributed by atoms with Gasteiger partial charge < -0.3 is 4.43 Å². The average Bonchev–Trinajstić information content (AvgIpc) is 1.61. The van der Waals surface area contributed by atoms with Crippen molar-refractivity contribution in [2.75, 3.05) is 6.86 Å². The van der Waals surface area contributed by atoms with Crippen molar-refractivity contribution in [1.29, 1.82) is 0 Å². The maximum Gasteiger partial charge on any atom is 0.196 e. The maximum atomic E-state index is 11.0. The highest BCUT2D eigenvalue weighted by Gasteiger charge is 1.78. The molecular formula is C3H8FOSi. The number of rotatable bonds is 3. The Labute approximate surface area is 39.4 Å². The van der Waals surface area contributed by atoms with Crippen LogP contribution in [0.1, 0.15) is 6.92 Å². The standard InChI is InChI=1S/C3H8FOSi/c1-2-6-5-3-4/h6H,2-3H2,1H3. The van der Waals surface area contributed by atoms with Crippen LogP contribution in [0.2, 0.25) is 6.04 Å². The Kier molecular flexibility index (Phi) is 5.20. The molecule has 0 aromatic rings. The molecule has 0 saturated heterocycles. The molecule has 0 saturated carbocycles. The van der Waals surface area contributed by atoms with Crippen molar-refractivity contribution in [2.24, 2.45) is 0 Å². The fourth-order valence-electron chi connectivity index (χ4n) is 0.162. The van der Waals surface area contributed by atoms with Gasteiger partial charge in [-0.1, -0.05) is 6.92 Å². The maximum absolute atomic E-state index is 11.0. The van der Waals surface area contributed by atoms with E-state index < -0.39 is 6.86 Å². The first kappa shape index (κ1) is 6.11. The summed E-state index contributed by atoms with van der Waals surface area (Å²) in [6.07, 6.45) is 0. The molecule has 0 bridgehead atoms. The summed E-state index contributed by atoms with van der Waals surface area (Å²) >= 11 is 0. The predicted molar refractivity (Wildman–Crippen MR) is 24.7 cm³/mol. The van der Waals surface area contributed by atoms with Gasteiger partial charge in [0.25, 0.3) is 0 Å². The van der Waals surface area contributed by atoms with Gasteiger partial charge in [-0.05, 0) is 6.04 Å². The second kappa shape index (κ2) is 5.11. The molecule has 0 aromatic carbocycles. The first-order valence-electron chi connectivity index (χ1n) is 1.91. The van der Waals surface area contributed by atoms with Crippen LogP contribution in [-0.2, 0) is 4.43 Å². The third-order valence-corrected chi connectivity index (χ3v) is 1.04. The first-order valence-corrected chi connectivity index (χ1v) is 3.19. The van der Waals surface area contributed by atoms with Crippen LogP contribution in [0, 0.1) is 0 Å². The van der Waals surface area contributed by atoms with Gasteiger partial charge >= 0.3 is 0 Å². The van der Waals surface area contributed by atoms with Crippen LogP contribution in [0.4, 0.5) is 4.39 Å². The van der Waals surface area contributed by atoms with Crippen molar-refractivity contribution in [2.45, 2.75) is 13.0 Å². The molecule has 0 aliphatic rings. The van der Waals surface area contributed by atoms with E-state index in [1.807, 2.05) is 6.92 Å². The van der Waals surface area contributed by atoms with Crippen molar-refractivity contribution < 1.29 is 8.82 Å². The van der Waals surface area contributed by atoms with Crippen LogP contribution in [0.25, 0.3) is 0 Å². The minimum atomic E-state index is -0.608. The van der Waals surface area contributed by atoms with Crippen LogP contribution in [-0.4, -0.2) is 16.6 Å². The first-order chi connectivity index (χ1) is 2.91. The average molecular weight is 107 g/mol. The summed E-state index contributed by atoms with van der Waals surface area (Å²) in [4.78, 5) is 0. The zero-order valence-corrected chi connectivity index (χ0v) is 4.93. The third-order valence-electron chi connectivity index (χ3n) is 0.348. The Morgan fingerprint density at radius 2 is 2.50 bits per heavy atom. The second-order valence-corrected chi connectivity index (χ2v) is 2.33. The SMILES string of the molecule is CC[SiH]OCF. The quantitative estimate of drug-likeness (QED) is 0.381. The monoisotopic (exact) mass is 107 g/mol. The molecule has 0 heterocycles.